The largest absolute Gasteiger partial charge is 0.436 e. The molecule has 2 N–H and O–H groups in total. The van der Waals surface area contributed by atoms with E-state index in [4.69, 9.17) is 22.1 Å². The Kier molecular flexibility index (Phi) is 3.61. The van der Waals surface area contributed by atoms with E-state index in [1.807, 2.05) is 6.92 Å². The van der Waals surface area contributed by atoms with Gasteiger partial charge in [0.15, 0.2) is 5.75 Å². The second-order valence-electron chi connectivity index (χ2n) is 3.42. The van der Waals surface area contributed by atoms with E-state index in [0.717, 1.165) is 6.54 Å². The minimum Gasteiger partial charge on any atom is -0.436 e. The van der Waals surface area contributed by atoms with Gasteiger partial charge in [0.25, 0.3) is 0 Å². The lowest BCUT2D eigenvalue weighted by atomic mass is 10.3. The molecule has 0 fully saturated rings. The van der Waals surface area contributed by atoms with Crippen LogP contribution in [-0.4, -0.2) is 14.8 Å². The van der Waals surface area contributed by atoms with Gasteiger partial charge in [0.05, 0.1) is 23.1 Å². The first kappa shape index (κ1) is 11.9. The van der Waals surface area contributed by atoms with Crippen molar-refractivity contribution in [2.75, 3.05) is 0 Å². The third kappa shape index (κ3) is 2.75. The van der Waals surface area contributed by atoms with E-state index >= 15 is 0 Å². The second kappa shape index (κ2) is 5.16. The standard InChI is InChI=1S/C11H13ClN4O/c1-2-16-7-8(6-14-16)17-11-4-3-9(12)10(5-13)15-11/h3-4,6-7H,2,5,13H2,1H3. The molecule has 0 aromatic carbocycles. The highest BCUT2D eigenvalue weighted by atomic mass is 35.5. The van der Waals surface area contributed by atoms with Crippen molar-refractivity contribution >= 4 is 11.6 Å². The second-order valence-corrected chi connectivity index (χ2v) is 3.82. The van der Waals surface area contributed by atoms with Crippen molar-refractivity contribution in [3.8, 4) is 11.6 Å². The highest BCUT2D eigenvalue weighted by Crippen LogP contribution is 2.22. The Hall–Kier alpha value is -1.59. The molecule has 0 radical (unpaired) electrons. The molecule has 0 aliphatic heterocycles. The average Bonchev–Trinajstić information content (AvgIpc) is 2.79. The van der Waals surface area contributed by atoms with Crippen molar-refractivity contribution in [3.05, 3.63) is 35.2 Å². The van der Waals surface area contributed by atoms with Crippen LogP contribution < -0.4 is 10.5 Å². The first-order chi connectivity index (χ1) is 8.22. The van der Waals surface area contributed by atoms with Gasteiger partial charge in [-0.15, -0.1) is 0 Å². The molecule has 90 valence electrons. The van der Waals surface area contributed by atoms with Crippen LogP contribution in [0.2, 0.25) is 5.02 Å². The number of halogens is 1. The van der Waals surface area contributed by atoms with Gasteiger partial charge >= 0.3 is 0 Å². The molecular formula is C11H13ClN4O. The van der Waals surface area contributed by atoms with E-state index in [9.17, 15) is 0 Å². The molecule has 0 amide bonds. The van der Waals surface area contributed by atoms with Crippen molar-refractivity contribution in [2.24, 2.45) is 5.73 Å². The molecule has 0 spiro atoms. The van der Waals surface area contributed by atoms with E-state index in [1.165, 1.54) is 0 Å². The summed E-state index contributed by atoms with van der Waals surface area (Å²) < 4.78 is 7.32. The van der Waals surface area contributed by atoms with Gasteiger partial charge in [0.1, 0.15) is 0 Å². The molecular weight excluding hydrogens is 240 g/mol. The lowest BCUT2D eigenvalue weighted by Crippen LogP contribution is -2.01. The Morgan fingerprint density at radius 2 is 2.29 bits per heavy atom. The monoisotopic (exact) mass is 252 g/mol. The zero-order valence-corrected chi connectivity index (χ0v) is 10.2. The summed E-state index contributed by atoms with van der Waals surface area (Å²) in [6, 6.07) is 3.42. The van der Waals surface area contributed by atoms with Crippen LogP contribution in [0.1, 0.15) is 12.6 Å². The first-order valence-corrected chi connectivity index (χ1v) is 5.66. The summed E-state index contributed by atoms with van der Waals surface area (Å²) in [5, 5.41) is 4.65. The Morgan fingerprint density at radius 1 is 1.47 bits per heavy atom. The molecule has 0 saturated carbocycles. The van der Waals surface area contributed by atoms with Crippen LogP contribution in [0, 0.1) is 0 Å². The van der Waals surface area contributed by atoms with Crippen LogP contribution in [0.25, 0.3) is 0 Å². The molecule has 2 aromatic rings. The Bertz CT molecular complexity index is 512. The molecule has 17 heavy (non-hydrogen) atoms. The highest BCUT2D eigenvalue weighted by Gasteiger charge is 2.05. The molecule has 0 saturated heterocycles. The zero-order valence-electron chi connectivity index (χ0n) is 9.43. The molecule has 0 unspecified atom stereocenters. The van der Waals surface area contributed by atoms with Gasteiger partial charge in [0.2, 0.25) is 5.88 Å². The van der Waals surface area contributed by atoms with E-state index in [1.54, 1.807) is 29.2 Å². The van der Waals surface area contributed by atoms with Crippen molar-refractivity contribution in [1.29, 1.82) is 0 Å². The molecule has 2 aromatic heterocycles. The molecule has 5 nitrogen and oxygen atoms in total. The summed E-state index contributed by atoms with van der Waals surface area (Å²) >= 11 is 5.91. The van der Waals surface area contributed by atoms with Crippen LogP contribution in [0.3, 0.4) is 0 Å². The third-order valence-electron chi connectivity index (χ3n) is 2.24. The van der Waals surface area contributed by atoms with Gasteiger partial charge in [0, 0.05) is 19.2 Å². The Labute approximate surface area is 104 Å². The molecule has 0 bridgehead atoms. The molecule has 0 aliphatic rings. The Balaban J connectivity index is 2.18. The first-order valence-electron chi connectivity index (χ1n) is 5.28. The van der Waals surface area contributed by atoms with Crippen molar-refractivity contribution in [3.63, 3.8) is 0 Å². The van der Waals surface area contributed by atoms with Crippen molar-refractivity contribution < 1.29 is 4.74 Å². The maximum Gasteiger partial charge on any atom is 0.219 e. The van der Waals surface area contributed by atoms with Crippen LogP contribution in [-0.2, 0) is 13.1 Å². The number of aromatic nitrogens is 3. The van der Waals surface area contributed by atoms with E-state index in [-0.39, 0.29) is 6.54 Å². The van der Waals surface area contributed by atoms with E-state index in [2.05, 4.69) is 10.1 Å². The molecule has 0 atom stereocenters. The van der Waals surface area contributed by atoms with Crippen LogP contribution >= 0.6 is 11.6 Å². The number of hydrogen-bond donors (Lipinski definition) is 1. The summed E-state index contributed by atoms with van der Waals surface area (Å²) in [6.07, 6.45) is 3.44. The van der Waals surface area contributed by atoms with Crippen molar-refractivity contribution in [1.82, 2.24) is 14.8 Å². The highest BCUT2D eigenvalue weighted by molar-refractivity contribution is 6.31. The van der Waals surface area contributed by atoms with Crippen molar-refractivity contribution in [2.45, 2.75) is 20.0 Å². The number of aryl methyl sites for hydroxylation is 1. The maximum absolute atomic E-state index is 5.91. The average molecular weight is 253 g/mol. The fourth-order valence-corrected chi connectivity index (χ4v) is 1.54. The number of nitrogens with zero attached hydrogens (tertiary/aromatic N) is 3. The summed E-state index contributed by atoms with van der Waals surface area (Å²) in [4.78, 5) is 4.20. The predicted molar refractivity (Wildman–Crippen MR) is 65.1 cm³/mol. The lowest BCUT2D eigenvalue weighted by Gasteiger charge is -2.04. The number of ether oxygens (including phenoxy) is 1. The summed E-state index contributed by atoms with van der Waals surface area (Å²) in [5.41, 5.74) is 6.14. The topological polar surface area (TPSA) is 66.0 Å². The number of hydrogen-bond acceptors (Lipinski definition) is 4. The number of nitrogens with two attached hydrogens (primary N) is 1. The molecule has 2 heterocycles. The molecule has 0 aliphatic carbocycles. The fourth-order valence-electron chi connectivity index (χ4n) is 1.36. The SMILES string of the molecule is CCn1cc(Oc2ccc(Cl)c(CN)n2)cn1. The van der Waals surface area contributed by atoms with Gasteiger partial charge in [-0.2, -0.15) is 5.10 Å². The van der Waals surface area contributed by atoms with Crippen LogP contribution in [0.5, 0.6) is 11.6 Å². The summed E-state index contributed by atoms with van der Waals surface area (Å²) in [6.45, 7) is 3.08. The Morgan fingerprint density at radius 3 is 2.94 bits per heavy atom. The van der Waals surface area contributed by atoms with Gasteiger partial charge < -0.3 is 10.5 Å². The van der Waals surface area contributed by atoms with Gasteiger partial charge in [-0.1, -0.05) is 11.6 Å². The third-order valence-corrected chi connectivity index (χ3v) is 2.59. The minimum absolute atomic E-state index is 0.282. The van der Waals surface area contributed by atoms with Gasteiger partial charge in [-0.25, -0.2) is 4.98 Å². The maximum atomic E-state index is 5.91. The van der Waals surface area contributed by atoms with Crippen LogP contribution in [0.4, 0.5) is 0 Å². The summed E-state index contributed by atoms with van der Waals surface area (Å²) in [7, 11) is 0. The van der Waals surface area contributed by atoms with E-state index < -0.39 is 0 Å². The number of rotatable bonds is 4. The van der Waals surface area contributed by atoms with Gasteiger partial charge in [-0.05, 0) is 13.0 Å². The van der Waals surface area contributed by atoms with E-state index in [0.29, 0.717) is 22.3 Å². The summed E-state index contributed by atoms with van der Waals surface area (Å²) in [5.74, 6) is 1.11. The lowest BCUT2D eigenvalue weighted by molar-refractivity contribution is 0.459. The normalized spacial score (nSPS) is 10.5. The minimum atomic E-state index is 0.282. The molecule has 6 heteroatoms. The molecule has 2 rings (SSSR count). The van der Waals surface area contributed by atoms with Gasteiger partial charge in [-0.3, -0.25) is 4.68 Å². The quantitative estimate of drug-likeness (QED) is 0.906. The smallest absolute Gasteiger partial charge is 0.219 e. The zero-order chi connectivity index (χ0) is 12.3. The number of pyridine rings is 1. The van der Waals surface area contributed by atoms with Crippen LogP contribution in [0.15, 0.2) is 24.5 Å². The predicted octanol–water partition coefficient (Wildman–Crippen LogP) is 2.20. The fraction of sp³-hybridized carbons (Fsp3) is 0.273.